The maximum atomic E-state index is 12.5. The average Bonchev–Trinajstić information content (AvgIpc) is 3.51. The number of hydrazine groups is 1. The van der Waals surface area contributed by atoms with Gasteiger partial charge in [0.1, 0.15) is 12.4 Å². The molecule has 1 aliphatic rings. The van der Waals surface area contributed by atoms with E-state index in [-0.39, 0.29) is 23.9 Å². The number of nitrogens with zero attached hydrogens (tertiary/aromatic N) is 3. The molecule has 3 atom stereocenters. The second-order valence-corrected chi connectivity index (χ2v) is 9.64. The number of carbonyl (C=O) groups is 2. The molecule has 9 nitrogen and oxygen atoms in total. The monoisotopic (exact) mass is 635 g/mol. The number of amides is 2. The Balaban J connectivity index is -0.000000623. The van der Waals surface area contributed by atoms with Crippen molar-refractivity contribution < 1.29 is 9.59 Å². The summed E-state index contributed by atoms with van der Waals surface area (Å²) in [5, 5.41) is 6.39. The predicted molar refractivity (Wildman–Crippen MR) is 189 cm³/mol. The van der Waals surface area contributed by atoms with E-state index in [0.29, 0.717) is 23.2 Å². The summed E-state index contributed by atoms with van der Waals surface area (Å²) in [6.07, 6.45) is 7.70. The molecule has 1 aliphatic heterocycles. The van der Waals surface area contributed by atoms with Gasteiger partial charge in [0.05, 0.1) is 16.8 Å². The Morgan fingerprint density at radius 1 is 1.02 bits per heavy atom. The van der Waals surface area contributed by atoms with E-state index in [4.69, 9.17) is 17.4 Å². The fraction of sp³-hybridized carbons (Fsp3) is 0.588. The maximum Gasteiger partial charge on any atom is 0.245 e. The topological polar surface area (TPSA) is 125 Å². The number of hydrogen-bond acceptors (Lipinski definition) is 7. The van der Waals surface area contributed by atoms with Gasteiger partial charge in [-0.1, -0.05) is 105 Å². The molecule has 1 aromatic heterocycles. The molecule has 0 radical (unpaired) electrons. The molecular formula is C34H62ClN7O2. The van der Waals surface area contributed by atoms with Gasteiger partial charge in [0, 0.05) is 36.2 Å². The number of benzene rings is 1. The Bertz CT molecular complexity index is 1020. The Morgan fingerprint density at radius 2 is 1.59 bits per heavy atom. The highest BCUT2D eigenvalue weighted by molar-refractivity contribution is 6.32. The Morgan fingerprint density at radius 3 is 2.02 bits per heavy atom. The first-order valence-electron chi connectivity index (χ1n) is 16.1. The third-order valence-electron chi connectivity index (χ3n) is 6.15. The van der Waals surface area contributed by atoms with E-state index in [1.54, 1.807) is 12.4 Å². The average molecular weight is 636 g/mol. The molecule has 1 fully saturated rings. The molecule has 0 saturated carbocycles. The van der Waals surface area contributed by atoms with Crippen molar-refractivity contribution in [1.82, 2.24) is 30.9 Å². The number of nitrogens with two attached hydrogens (primary N) is 1. The normalized spacial score (nSPS) is 14.5. The van der Waals surface area contributed by atoms with Gasteiger partial charge in [-0.05, 0) is 45.1 Å². The van der Waals surface area contributed by atoms with Crippen LogP contribution in [0.25, 0.3) is 11.3 Å². The van der Waals surface area contributed by atoms with E-state index in [2.05, 4.69) is 46.8 Å². The molecule has 2 heterocycles. The molecule has 1 saturated heterocycles. The summed E-state index contributed by atoms with van der Waals surface area (Å²) < 4.78 is 0. The van der Waals surface area contributed by atoms with Crippen molar-refractivity contribution in [2.24, 2.45) is 11.8 Å². The molecule has 10 heteroatoms. The van der Waals surface area contributed by atoms with Crippen LogP contribution in [-0.2, 0) is 9.59 Å². The minimum atomic E-state index is -0.186. The van der Waals surface area contributed by atoms with Crippen LogP contribution >= 0.6 is 11.6 Å². The second-order valence-electron chi connectivity index (χ2n) is 9.23. The second kappa shape index (κ2) is 28.6. The Labute approximate surface area is 273 Å². The molecule has 5 N–H and O–H groups in total. The van der Waals surface area contributed by atoms with Crippen LogP contribution in [0.3, 0.4) is 0 Å². The van der Waals surface area contributed by atoms with Crippen LogP contribution in [-0.4, -0.2) is 45.8 Å². The molecule has 0 aliphatic carbocycles. The van der Waals surface area contributed by atoms with Crippen LogP contribution in [0, 0.1) is 5.92 Å². The summed E-state index contributed by atoms with van der Waals surface area (Å²) in [4.78, 5) is 32.8. The minimum Gasteiger partial charge on any atom is -0.378 e. The third kappa shape index (κ3) is 16.6. The van der Waals surface area contributed by atoms with Crippen molar-refractivity contribution in [2.45, 2.75) is 121 Å². The number of nitrogens with one attached hydrogen (secondary N) is 3. The van der Waals surface area contributed by atoms with Crippen LogP contribution < -0.4 is 21.9 Å². The zero-order chi connectivity index (χ0) is 34.7. The fourth-order valence-corrected chi connectivity index (χ4v) is 4.11. The van der Waals surface area contributed by atoms with Crippen LogP contribution in [0.15, 0.2) is 48.7 Å². The van der Waals surface area contributed by atoms with E-state index in [0.717, 1.165) is 36.2 Å². The smallest absolute Gasteiger partial charge is 0.245 e. The summed E-state index contributed by atoms with van der Waals surface area (Å²) in [6, 6.07) is 7.88. The summed E-state index contributed by atoms with van der Waals surface area (Å²) in [5.74, 6) is 5.73. The van der Waals surface area contributed by atoms with E-state index in [1.807, 2.05) is 98.4 Å². The molecule has 3 rings (SSSR count). The van der Waals surface area contributed by atoms with E-state index in [1.165, 1.54) is 6.33 Å². The van der Waals surface area contributed by atoms with Crippen LogP contribution in [0.2, 0.25) is 5.02 Å². The van der Waals surface area contributed by atoms with Gasteiger partial charge in [0.25, 0.3) is 0 Å². The SMILES string of the molecule is C/C(=C/NC(C(=O)N1CCCC1C)C(C)C)NN.CC.CC.CC.CC.CC(NC=O)c1ccc(-c2ncncc2Cl)cc1. The van der Waals surface area contributed by atoms with Crippen LogP contribution in [0.4, 0.5) is 0 Å². The highest BCUT2D eigenvalue weighted by Crippen LogP contribution is 2.25. The van der Waals surface area contributed by atoms with E-state index < -0.39 is 0 Å². The van der Waals surface area contributed by atoms with Crippen molar-refractivity contribution in [3.63, 3.8) is 0 Å². The van der Waals surface area contributed by atoms with Gasteiger partial charge in [-0.2, -0.15) is 0 Å². The first-order chi connectivity index (χ1) is 21.2. The van der Waals surface area contributed by atoms with E-state index >= 15 is 0 Å². The molecule has 2 amide bonds. The van der Waals surface area contributed by atoms with Crippen LogP contribution in [0.5, 0.6) is 0 Å². The van der Waals surface area contributed by atoms with Gasteiger partial charge < -0.3 is 21.0 Å². The van der Waals surface area contributed by atoms with Crippen molar-refractivity contribution in [1.29, 1.82) is 0 Å². The molecule has 0 spiro atoms. The Kier molecular flexibility index (Phi) is 29.4. The molecule has 0 bridgehead atoms. The lowest BCUT2D eigenvalue weighted by Gasteiger charge is -2.29. The summed E-state index contributed by atoms with van der Waals surface area (Å²) >= 11 is 6.03. The zero-order valence-corrected chi connectivity index (χ0v) is 30.4. The highest BCUT2D eigenvalue weighted by Gasteiger charge is 2.31. The van der Waals surface area contributed by atoms with Crippen molar-refractivity contribution in [3.05, 3.63) is 59.3 Å². The van der Waals surface area contributed by atoms with Gasteiger partial charge >= 0.3 is 0 Å². The fourth-order valence-electron chi connectivity index (χ4n) is 3.90. The highest BCUT2D eigenvalue weighted by atomic mass is 35.5. The molecule has 44 heavy (non-hydrogen) atoms. The maximum absolute atomic E-state index is 12.5. The number of likely N-dealkylation sites (tertiary alicyclic amines) is 1. The predicted octanol–water partition coefficient (Wildman–Crippen LogP) is 7.64. The number of hydrogen-bond donors (Lipinski definition) is 4. The zero-order valence-electron chi connectivity index (χ0n) is 29.7. The van der Waals surface area contributed by atoms with Crippen molar-refractivity contribution in [2.75, 3.05) is 6.54 Å². The van der Waals surface area contributed by atoms with Gasteiger partial charge in [0.2, 0.25) is 12.3 Å². The van der Waals surface area contributed by atoms with Gasteiger partial charge in [0.15, 0.2) is 0 Å². The molecule has 252 valence electrons. The summed E-state index contributed by atoms with van der Waals surface area (Å²) in [5.41, 5.74) is 6.01. The molecular weight excluding hydrogens is 574 g/mol. The Hall–Kier alpha value is -3.17. The number of rotatable bonds is 9. The first kappa shape index (κ1) is 45.3. The standard InChI is InChI=1S/C13H12ClN3O.C13H26N4O.4C2H6/c1-9(17-8-18)10-2-4-11(5-3-10)13-12(14)6-15-7-16-13;1-9(2)12(15-8-10(3)16-14)13(18)17-7-5-6-11(17)4;4*1-2/h2-9H,1H3,(H,17,18);8-9,11-12,15-16H,5-7,14H2,1-4H3;4*1-2H3/b;10-8-;;;;. The third-order valence-corrected chi connectivity index (χ3v) is 6.42. The largest absolute Gasteiger partial charge is 0.378 e. The number of carbonyl (C=O) groups excluding carboxylic acids is 2. The van der Waals surface area contributed by atoms with Gasteiger partial charge in [-0.15, -0.1) is 0 Å². The van der Waals surface area contributed by atoms with Crippen molar-refractivity contribution >= 4 is 23.9 Å². The summed E-state index contributed by atoms with van der Waals surface area (Å²) in [6.45, 7) is 26.9. The van der Waals surface area contributed by atoms with E-state index in [9.17, 15) is 9.59 Å². The minimum absolute atomic E-state index is 0.0163. The quantitative estimate of drug-likeness (QED) is 0.127. The van der Waals surface area contributed by atoms with Gasteiger partial charge in [-0.3, -0.25) is 15.4 Å². The first-order valence-corrected chi connectivity index (χ1v) is 16.5. The summed E-state index contributed by atoms with van der Waals surface area (Å²) in [7, 11) is 0. The lowest BCUT2D eigenvalue weighted by atomic mass is 10.0. The molecule has 3 unspecified atom stereocenters. The molecule has 2 aromatic rings. The number of aromatic nitrogens is 2. The van der Waals surface area contributed by atoms with Crippen molar-refractivity contribution in [3.8, 4) is 11.3 Å². The number of allylic oxidation sites excluding steroid dienone is 1. The lowest BCUT2D eigenvalue weighted by Crippen LogP contribution is -2.49. The molecule has 1 aromatic carbocycles. The van der Waals surface area contributed by atoms with Gasteiger partial charge in [-0.25, -0.2) is 9.97 Å². The lowest BCUT2D eigenvalue weighted by molar-refractivity contribution is -0.134. The number of halogens is 1. The van der Waals surface area contributed by atoms with Crippen LogP contribution in [0.1, 0.15) is 114 Å².